The van der Waals surface area contributed by atoms with Crippen LogP contribution in [0.1, 0.15) is 265 Å². The van der Waals surface area contributed by atoms with Crippen LogP contribution in [0.5, 0.6) is 0 Å². The summed E-state index contributed by atoms with van der Waals surface area (Å²) in [4.78, 5) is 38.3. The van der Waals surface area contributed by atoms with Crippen molar-refractivity contribution in [2.24, 2.45) is 0 Å². The third-order valence-corrected chi connectivity index (χ3v) is 13.0. The van der Waals surface area contributed by atoms with Gasteiger partial charge in [0.1, 0.15) is 13.2 Å². The lowest BCUT2D eigenvalue weighted by atomic mass is 10.1. The number of hydrogen-bond donors (Lipinski definition) is 0. The van der Waals surface area contributed by atoms with Crippen molar-refractivity contribution in [3.8, 4) is 0 Å². The molecule has 1 unspecified atom stereocenters. The average Bonchev–Trinajstić information content (AvgIpc) is 3.45. The van der Waals surface area contributed by atoms with Gasteiger partial charge in [-0.15, -0.1) is 0 Å². The molecule has 0 aromatic rings. The summed E-state index contributed by atoms with van der Waals surface area (Å²) in [6, 6.07) is 0. The number of allylic oxidation sites excluding steroid dienone is 26. The maximum absolute atomic E-state index is 12.9. The highest BCUT2D eigenvalue weighted by atomic mass is 16.6. The van der Waals surface area contributed by atoms with E-state index in [1.54, 1.807) is 0 Å². The summed E-state index contributed by atoms with van der Waals surface area (Å²) in [5.41, 5.74) is 0. The van der Waals surface area contributed by atoms with Gasteiger partial charge >= 0.3 is 17.9 Å². The molecule has 0 N–H and O–H groups in total. The van der Waals surface area contributed by atoms with Crippen LogP contribution in [-0.2, 0) is 28.6 Å². The fourth-order valence-corrected chi connectivity index (χ4v) is 8.29. The zero-order valence-electron chi connectivity index (χ0n) is 50.8. The highest BCUT2D eigenvalue weighted by Crippen LogP contribution is 2.14. The SMILES string of the molecule is CC/C=C\C/C=C\C/C=C\C/C=C\C/C=C\C/C=C\CCC(=O)OCC(COC(=O)CCCCCCCCCC/C=C\C/C=C\C/C=C\C/C=C\CC)OC(=O)CCCCCCCC/C=C\C/C=C\C/C=C\CCCCCCC. The Morgan fingerprint density at radius 1 is 0.266 bits per heavy atom. The molecule has 0 spiro atoms. The van der Waals surface area contributed by atoms with E-state index in [2.05, 4.69) is 173 Å². The van der Waals surface area contributed by atoms with Crippen LogP contribution in [0.4, 0.5) is 0 Å². The zero-order chi connectivity index (χ0) is 57.1. The first-order valence-electron chi connectivity index (χ1n) is 32.0. The summed E-state index contributed by atoms with van der Waals surface area (Å²) < 4.78 is 16.9. The average molecular weight is 1090 g/mol. The van der Waals surface area contributed by atoms with E-state index in [0.29, 0.717) is 12.8 Å². The summed E-state index contributed by atoms with van der Waals surface area (Å²) in [6.07, 6.45) is 95.3. The molecule has 6 nitrogen and oxygen atoms in total. The van der Waals surface area contributed by atoms with Gasteiger partial charge in [0, 0.05) is 19.3 Å². The van der Waals surface area contributed by atoms with Crippen molar-refractivity contribution in [1.82, 2.24) is 0 Å². The van der Waals surface area contributed by atoms with Gasteiger partial charge in [0.2, 0.25) is 0 Å². The van der Waals surface area contributed by atoms with Crippen molar-refractivity contribution < 1.29 is 28.6 Å². The molecule has 0 radical (unpaired) electrons. The normalized spacial score (nSPS) is 13.2. The van der Waals surface area contributed by atoms with Crippen molar-refractivity contribution >= 4 is 17.9 Å². The third kappa shape index (κ3) is 63.7. The molecule has 0 saturated heterocycles. The highest BCUT2D eigenvalue weighted by Gasteiger charge is 2.19. The molecule has 79 heavy (non-hydrogen) atoms. The maximum atomic E-state index is 12.9. The smallest absolute Gasteiger partial charge is 0.306 e. The van der Waals surface area contributed by atoms with Crippen molar-refractivity contribution in [2.45, 2.75) is 271 Å². The Morgan fingerprint density at radius 2 is 0.519 bits per heavy atom. The number of unbranched alkanes of at least 4 members (excludes halogenated alkanes) is 19. The number of esters is 3. The Balaban J connectivity index is 4.56. The summed E-state index contributed by atoms with van der Waals surface area (Å²) in [5, 5.41) is 0. The number of rotatable bonds is 56. The summed E-state index contributed by atoms with van der Waals surface area (Å²) >= 11 is 0. The first-order chi connectivity index (χ1) is 39.0. The van der Waals surface area contributed by atoms with Gasteiger partial charge in [-0.2, -0.15) is 0 Å². The van der Waals surface area contributed by atoms with Crippen LogP contribution in [0.2, 0.25) is 0 Å². The molecule has 0 aromatic heterocycles. The fourth-order valence-electron chi connectivity index (χ4n) is 8.29. The quantitative estimate of drug-likeness (QED) is 0.0261. The molecule has 0 saturated carbocycles. The molecule has 0 aliphatic heterocycles. The van der Waals surface area contributed by atoms with E-state index < -0.39 is 6.10 Å². The molecule has 0 rings (SSSR count). The van der Waals surface area contributed by atoms with E-state index in [0.717, 1.165) is 135 Å². The lowest BCUT2D eigenvalue weighted by Crippen LogP contribution is -2.30. The molecule has 1 atom stereocenters. The molecule has 444 valence electrons. The highest BCUT2D eigenvalue weighted by molar-refractivity contribution is 5.71. The Morgan fingerprint density at radius 3 is 0.848 bits per heavy atom. The lowest BCUT2D eigenvalue weighted by molar-refractivity contribution is -0.166. The molecule has 0 heterocycles. The minimum Gasteiger partial charge on any atom is -0.462 e. The van der Waals surface area contributed by atoms with E-state index >= 15 is 0 Å². The van der Waals surface area contributed by atoms with Crippen LogP contribution < -0.4 is 0 Å². The standard InChI is InChI=1S/C73H116O6/c1-4-7-10-13-16-19-22-25-28-31-34-36-39-42-45-48-51-54-57-60-63-66-72(75)78-69-70(68-77-71(74)65-62-59-56-53-50-47-44-41-38-33-30-27-24-21-18-15-12-9-6-3)79-73(76)67-64-61-58-55-52-49-46-43-40-37-35-32-29-26-23-20-17-14-11-8-5-2/h7,9-10,12,16,18-19,21,23,25-28,30,32,34-36,38,40-41,43,47,50,56,59,70H,4-6,8,11,13-15,17,20,22,24,29,31,33,37,39,42,44-46,48-49,51-55,57-58,60-69H2,1-3H3/b10-7-,12-9-,19-16-,21-18-,26-23-,28-25-,30-27-,35-32-,36-34-,41-38-,43-40-,50-47-,59-56-. The van der Waals surface area contributed by atoms with Crippen molar-refractivity contribution in [3.63, 3.8) is 0 Å². The number of carbonyl (C=O) groups is 3. The van der Waals surface area contributed by atoms with E-state index in [-0.39, 0.29) is 44.0 Å². The van der Waals surface area contributed by atoms with Gasteiger partial charge in [-0.25, -0.2) is 0 Å². The van der Waals surface area contributed by atoms with E-state index in [9.17, 15) is 14.4 Å². The molecule has 0 aromatic carbocycles. The van der Waals surface area contributed by atoms with E-state index in [1.807, 2.05) is 6.08 Å². The van der Waals surface area contributed by atoms with Crippen LogP contribution in [-0.4, -0.2) is 37.2 Å². The van der Waals surface area contributed by atoms with Crippen molar-refractivity contribution in [3.05, 3.63) is 158 Å². The number of ether oxygens (including phenoxy) is 3. The molecular weight excluding hydrogens is 973 g/mol. The van der Waals surface area contributed by atoms with Gasteiger partial charge < -0.3 is 14.2 Å². The van der Waals surface area contributed by atoms with Crippen LogP contribution in [0.3, 0.4) is 0 Å². The van der Waals surface area contributed by atoms with Crippen LogP contribution in [0, 0.1) is 0 Å². The lowest BCUT2D eigenvalue weighted by Gasteiger charge is -2.18. The second kappa shape index (κ2) is 65.5. The Bertz CT molecular complexity index is 1780. The first-order valence-corrected chi connectivity index (χ1v) is 32.0. The van der Waals surface area contributed by atoms with Gasteiger partial charge in [-0.05, 0) is 135 Å². The topological polar surface area (TPSA) is 78.9 Å². The number of carbonyl (C=O) groups excluding carboxylic acids is 3. The zero-order valence-corrected chi connectivity index (χ0v) is 50.8. The summed E-state index contributed by atoms with van der Waals surface area (Å²) in [5.74, 6) is -1.03. The largest absolute Gasteiger partial charge is 0.462 e. The first kappa shape index (κ1) is 74.0. The van der Waals surface area contributed by atoms with Crippen LogP contribution >= 0.6 is 0 Å². The Labute approximate surface area is 486 Å². The minimum atomic E-state index is -0.829. The monoisotopic (exact) mass is 1090 g/mol. The molecular formula is C73H116O6. The van der Waals surface area contributed by atoms with Crippen molar-refractivity contribution in [2.75, 3.05) is 13.2 Å². The Hall–Kier alpha value is -4.97. The summed E-state index contributed by atoms with van der Waals surface area (Å²) in [7, 11) is 0. The predicted octanol–water partition coefficient (Wildman–Crippen LogP) is 22.1. The second-order valence-electron chi connectivity index (χ2n) is 20.5. The Kier molecular flexibility index (Phi) is 61.4. The van der Waals surface area contributed by atoms with E-state index in [4.69, 9.17) is 14.2 Å². The number of hydrogen-bond acceptors (Lipinski definition) is 6. The van der Waals surface area contributed by atoms with Crippen molar-refractivity contribution in [1.29, 1.82) is 0 Å². The third-order valence-electron chi connectivity index (χ3n) is 13.0. The maximum Gasteiger partial charge on any atom is 0.306 e. The van der Waals surface area contributed by atoms with E-state index in [1.165, 1.54) is 83.5 Å². The van der Waals surface area contributed by atoms with Crippen LogP contribution in [0.15, 0.2) is 158 Å². The molecule has 0 bridgehead atoms. The second-order valence-corrected chi connectivity index (χ2v) is 20.5. The van der Waals surface area contributed by atoms with Crippen LogP contribution in [0.25, 0.3) is 0 Å². The van der Waals surface area contributed by atoms with Gasteiger partial charge in [0.25, 0.3) is 0 Å². The molecule has 0 aliphatic rings. The van der Waals surface area contributed by atoms with Gasteiger partial charge in [-0.3, -0.25) is 14.4 Å². The minimum absolute atomic E-state index is 0.118. The fraction of sp³-hybridized carbons (Fsp3) is 0.603. The molecule has 0 aliphatic carbocycles. The summed E-state index contributed by atoms with van der Waals surface area (Å²) in [6.45, 7) is 6.32. The van der Waals surface area contributed by atoms with Gasteiger partial charge in [-0.1, -0.05) is 269 Å². The van der Waals surface area contributed by atoms with Gasteiger partial charge in [0.15, 0.2) is 6.10 Å². The molecule has 0 fully saturated rings. The molecule has 6 heteroatoms. The predicted molar refractivity (Wildman–Crippen MR) is 343 cm³/mol. The molecule has 0 amide bonds. The van der Waals surface area contributed by atoms with Gasteiger partial charge in [0.05, 0.1) is 0 Å².